The molecule has 0 atom stereocenters. The number of para-hydroxylation sites is 1. The van der Waals surface area contributed by atoms with E-state index in [1.54, 1.807) is 0 Å². The van der Waals surface area contributed by atoms with E-state index in [9.17, 15) is 0 Å². The van der Waals surface area contributed by atoms with Crippen molar-refractivity contribution in [3.63, 3.8) is 0 Å². The van der Waals surface area contributed by atoms with Crippen molar-refractivity contribution in [2.75, 3.05) is 11.5 Å². The van der Waals surface area contributed by atoms with Crippen LogP contribution in [0.15, 0.2) is 54.6 Å². The SMILES string of the molecule is Nc1c(OCc2ccccc2)nc2ccccc2c1N. The lowest BCUT2D eigenvalue weighted by Gasteiger charge is -2.12. The minimum atomic E-state index is 0.380. The molecule has 4 N–H and O–H groups in total. The summed E-state index contributed by atoms with van der Waals surface area (Å²) in [5, 5.41) is 0.845. The molecule has 3 rings (SSSR count). The van der Waals surface area contributed by atoms with Gasteiger partial charge in [0, 0.05) is 5.39 Å². The molecule has 0 unspecified atom stereocenters. The second-order valence-electron chi connectivity index (χ2n) is 4.54. The Kier molecular flexibility index (Phi) is 3.13. The number of hydrogen-bond donors (Lipinski definition) is 2. The van der Waals surface area contributed by atoms with Gasteiger partial charge in [-0.2, -0.15) is 0 Å². The summed E-state index contributed by atoms with van der Waals surface area (Å²) in [6.45, 7) is 0.413. The molecule has 0 aliphatic carbocycles. The van der Waals surface area contributed by atoms with E-state index in [-0.39, 0.29) is 0 Å². The Bertz CT molecular complexity index is 741. The molecule has 0 aliphatic heterocycles. The van der Waals surface area contributed by atoms with Gasteiger partial charge in [-0.25, -0.2) is 4.98 Å². The molecule has 1 heterocycles. The van der Waals surface area contributed by atoms with Gasteiger partial charge in [-0.05, 0) is 11.6 Å². The van der Waals surface area contributed by atoms with Crippen LogP contribution in [-0.4, -0.2) is 4.98 Å². The quantitative estimate of drug-likeness (QED) is 0.763. The molecule has 0 aliphatic rings. The van der Waals surface area contributed by atoms with Gasteiger partial charge >= 0.3 is 0 Å². The van der Waals surface area contributed by atoms with E-state index < -0.39 is 0 Å². The number of benzene rings is 2. The average Bonchev–Trinajstić information content (AvgIpc) is 2.50. The van der Waals surface area contributed by atoms with Crippen LogP contribution in [0.2, 0.25) is 0 Å². The van der Waals surface area contributed by atoms with E-state index in [0.717, 1.165) is 16.5 Å². The molecule has 3 aromatic rings. The van der Waals surface area contributed by atoms with Crippen LogP contribution in [0.25, 0.3) is 10.9 Å². The molecule has 100 valence electrons. The third-order valence-corrected chi connectivity index (χ3v) is 3.16. The topological polar surface area (TPSA) is 74.2 Å². The van der Waals surface area contributed by atoms with Crippen LogP contribution in [0.4, 0.5) is 11.4 Å². The monoisotopic (exact) mass is 265 g/mol. The van der Waals surface area contributed by atoms with Gasteiger partial charge in [0.2, 0.25) is 5.88 Å². The van der Waals surface area contributed by atoms with Gasteiger partial charge in [-0.15, -0.1) is 0 Å². The fourth-order valence-electron chi connectivity index (χ4n) is 2.06. The second-order valence-corrected chi connectivity index (χ2v) is 4.54. The van der Waals surface area contributed by atoms with Crippen molar-refractivity contribution in [1.82, 2.24) is 4.98 Å². The van der Waals surface area contributed by atoms with E-state index in [2.05, 4.69) is 4.98 Å². The summed E-state index contributed by atoms with van der Waals surface area (Å²) in [6, 6.07) is 17.5. The van der Waals surface area contributed by atoms with E-state index in [4.69, 9.17) is 16.2 Å². The third-order valence-electron chi connectivity index (χ3n) is 3.16. The fraction of sp³-hybridized carbons (Fsp3) is 0.0625. The summed E-state index contributed by atoms with van der Waals surface area (Å²) in [7, 11) is 0. The number of hydrogen-bond acceptors (Lipinski definition) is 4. The van der Waals surface area contributed by atoms with Crippen LogP contribution in [0.3, 0.4) is 0 Å². The Morgan fingerprint density at radius 2 is 1.55 bits per heavy atom. The minimum Gasteiger partial charge on any atom is -0.471 e. The highest BCUT2D eigenvalue weighted by molar-refractivity contribution is 5.97. The van der Waals surface area contributed by atoms with Crippen molar-refractivity contribution in [2.24, 2.45) is 0 Å². The van der Waals surface area contributed by atoms with Crippen LogP contribution in [0.5, 0.6) is 5.88 Å². The Morgan fingerprint density at radius 1 is 0.850 bits per heavy atom. The van der Waals surface area contributed by atoms with Crippen LogP contribution < -0.4 is 16.2 Å². The molecular weight excluding hydrogens is 250 g/mol. The van der Waals surface area contributed by atoms with Crippen molar-refractivity contribution in [2.45, 2.75) is 6.61 Å². The molecule has 20 heavy (non-hydrogen) atoms. The lowest BCUT2D eigenvalue weighted by Crippen LogP contribution is -2.04. The third kappa shape index (κ3) is 2.23. The van der Waals surface area contributed by atoms with Crippen LogP contribution in [-0.2, 0) is 6.61 Å². The highest BCUT2D eigenvalue weighted by atomic mass is 16.5. The van der Waals surface area contributed by atoms with Gasteiger partial charge in [0.05, 0.1) is 11.2 Å². The number of anilines is 2. The van der Waals surface area contributed by atoms with Gasteiger partial charge in [0.25, 0.3) is 0 Å². The Morgan fingerprint density at radius 3 is 2.35 bits per heavy atom. The molecule has 0 saturated heterocycles. The zero-order chi connectivity index (χ0) is 13.9. The van der Waals surface area contributed by atoms with Gasteiger partial charge in [-0.1, -0.05) is 48.5 Å². The highest BCUT2D eigenvalue weighted by Gasteiger charge is 2.11. The molecule has 0 radical (unpaired) electrons. The standard InChI is InChI=1S/C16H15N3O/c17-14-12-8-4-5-9-13(12)19-16(15(14)18)20-10-11-6-2-1-3-7-11/h1-9H,10,18H2,(H2,17,19). The maximum Gasteiger partial charge on any atom is 0.240 e. The predicted octanol–water partition coefficient (Wildman–Crippen LogP) is 2.98. The second kappa shape index (κ2) is 5.09. The van der Waals surface area contributed by atoms with Crippen molar-refractivity contribution in [3.8, 4) is 5.88 Å². The van der Waals surface area contributed by atoms with Crippen LogP contribution >= 0.6 is 0 Å². The molecule has 0 bridgehead atoms. The summed E-state index contributed by atoms with van der Waals surface area (Å²) in [6.07, 6.45) is 0. The van der Waals surface area contributed by atoms with Crippen molar-refractivity contribution in [3.05, 3.63) is 60.2 Å². The molecular formula is C16H15N3O. The van der Waals surface area contributed by atoms with Gasteiger partial charge in [-0.3, -0.25) is 0 Å². The molecule has 0 fully saturated rings. The lowest BCUT2D eigenvalue weighted by atomic mass is 10.1. The smallest absolute Gasteiger partial charge is 0.240 e. The normalized spacial score (nSPS) is 10.6. The van der Waals surface area contributed by atoms with Crippen LogP contribution in [0.1, 0.15) is 5.56 Å². The predicted molar refractivity (Wildman–Crippen MR) is 81.3 cm³/mol. The first-order chi connectivity index (χ1) is 9.75. The first kappa shape index (κ1) is 12.3. The molecule has 0 saturated carbocycles. The Labute approximate surface area is 117 Å². The van der Waals surface area contributed by atoms with Crippen LogP contribution in [0, 0.1) is 0 Å². The zero-order valence-electron chi connectivity index (χ0n) is 10.9. The molecule has 0 spiro atoms. The largest absolute Gasteiger partial charge is 0.471 e. The van der Waals surface area contributed by atoms with E-state index in [1.807, 2.05) is 54.6 Å². The van der Waals surface area contributed by atoms with Crippen molar-refractivity contribution >= 4 is 22.3 Å². The Balaban J connectivity index is 1.94. The number of nitrogens with two attached hydrogens (primary N) is 2. The lowest BCUT2D eigenvalue weighted by molar-refractivity contribution is 0.297. The first-order valence-electron chi connectivity index (χ1n) is 6.36. The minimum absolute atomic E-state index is 0.380. The number of fused-ring (bicyclic) bond motifs is 1. The van der Waals surface area contributed by atoms with E-state index in [1.165, 1.54) is 0 Å². The first-order valence-corrected chi connectivity index (χ1v) is 6.36. The number of nitrogen functional groups attached to an aromatic ring is 2. The summed E-state index contributed by atoms with van der Waals surface area (Å²) < 4.78 is 5.70. The van der Waals surface area contributed by atoms with E-state index in [0.29, 0.717) is 23.9 Å². The number of pyridine rings is 1. The summed E-state index contributed by atoms with van der Waals surface area (Å²) >= 11 is 0. The molecule has 0 amide bonds. The summed E-state index contributed by atoms with van der Waals surface area (Å²) in [4.78, 5) is 4.42. The molecule has 2 aromatic carbocycles. The summed E-state index contributed by atoms with van der Waals surface area (Å²) in [5.74, 6) is 0.380. The van der Waals surface area contributed by atoms with Gasteiger partial charge in [0.15, 0.2) is 0 Å². The number of nitrogens with zero attached hydrogens (tertiary/aromatic N) is 1. The molecule has 4 heteroatoms. The highest BCUT2D eigenvalue weighted by Crippen LogP contribution is 2.32. The molecule has 1 aromatic heterocycles. The summed E-state index contributed by atoms with van der Waals surface area (Å²) in [5.41, 5.74) is 14.8. The zero-order valence-corrected chi connectivity index (χ0v) is 10.9. The van der Waals surface area contributed by atoms with Gasteiger partial charge in [0.1, 0.15) is 12.3 Å². The van der Waals surface area contributed by atoms with E-state index >= 15 is 0 Å². The van der Waals surface area contributed by atoms with Gasteiger partial charge < -0.3 is 16.2 Å². The van der Waals surface area contributed by atoms with Crippen molar-refractivity contribution in [1.29, 1.82) is 0 Å². The molecule has 4 nitrogen and oxygen atoms in total. The maximum absolute atomic E-state index is 6.04. The number of ether oxygens (including phenoxy) is 1. The van der Waals surface area contributed by atoms with Crippen molar-refractivity contribution < 1.29 is 4.74 Å². The average molecular weight is 265 g/mol. The Hall–Kier alpha value is -2.75. The maximum atomic E-state index is 6.04. The number of aromatic nitrogens is 1. The number of rotatable bonds is 3. The fourth-order valence-corrected chi connectivity index (χ4v) is 2.06.